The third-order valence-electron chi connectivity index (χ3n) is 9.92. The number of hydrogen-bond acceptors (Lipinski definition) is 7. The van der Waals surface area contributed by atoms with Gasteiger partial charge in [-0.1, -0.05) is 50.1 Å². The van der Waals surface area contributed by atoms with Crippen molar-refractivity contribution in [2.45, 2.75) is 70.8 Å². The molecule has 1 aliphatic carbocycles. The van der Waals surface area contributed by atoms with Crippen LogP contribution in [0.1, 0.15) is 81.4 Å². The SMILES string of the molecule is CCC(=C(c1ccc(OC(=O)C2CC2)cc1)c1ccc(OC(CN2CCCCC2)CN2CCCCC2)cc1)c1ccc2c(c1)OCO2. The molecule has 0 bridgehead atoms. The monoisotopic (exact) mass is 636 g/mol. The largest absolute Gasteiger partial charge is 0.488 e. The summed E-state index contributed by atoms with van der Waals surface area (Å²) in [5, 5.41) is 0. The Morgan fingerprint density at radius 3 is 1.85 bits per heavy atom. The normalized spacial score (nSPS) is 19.0. The fourth-order valence-electron chi connectivity index (χ4n) is 7.22. The number of ether oxygens (including phenoxy) is 4. The van der Waals surface area contributed by atoms with Gasteiger partial charge in [-0.05, 0) is 135 Å². The van der Waals surface area contributed by atoms with Crippen molar-refractivity contribution >= 4 is 17.1 Å². The third-order valence-corrected chi connectivity index (χ3v) is 9.92. The number of hydrogen-bond donors (Lipinski definition) is 0. The maximum absolute atomic E-state index is 12.3. The minimum Gasteiger partial charge on any atom is -0.488 e. The Bertz CT molecular complexity index is 1510. The summed E-state index contributed by atoms with van der Waals surface area (Å²) < 4.78 is 23.8. The Hall–Kier alpha value is -3.81. The van der Waals surface area contributed by atoms with Gasteiger partial charge in [-0.25, -0.2) is 0 Å². The van der Waals surface area contributed by atoms with E-state index in [4.69, 9.17) is 18.9 Å². The Kier molecular flexibility index (Phi) is 10.1. The lowest BCUT2D eigenvalue weighted by Gasteiger charge is -2.34. The molecule has 1 saturated carbocycles. The Balaban J connectivity index is 1.17. The fraction of sp³-hybridized carbons (Fsp3) is 0.475. The highest BCUT2D eigenvalue weighted by Gasteiger charge is 2.31. The van der Waals surface area contributed by atoms with Crippen LogP contribution in [0.4, 0.5) is 0 Å². The van der Waals surface area contributed by atoms with Crippen LogP contribution < -0.4 is 18.9 Å². The van der Waals surface area contributed by atoms with Crippen LogP contribution in [-0.2, 0) is 4.79 Å². The minimum absolute atomic E-state index is 0.0582. The number of carbonyl (C=O) groups excluding carboxylic acids is 1. The number of benzene rings is 3. The molecule has 0 amide bonds. The van der Waals surface area contributed by atoms with E-state index < -0.39 is 0 Å². The number of allylic oxidation sites excluding steroid dienone is 1. The number of carbonyl (C=O) groups is 1. The van der Waals surface area contributed by atoms with Crippen molar-refractivity contribution in [2.24, 2.45) is 5.92 Å². The van der Waals surface area contributed by atoms with E-state index in [1.807, 2.05) is 18.2 Å². The summed E-state index contributed by atoms with van der Waals surface area (Å²) in [5.41, 5.74) is 5.61. The average Bonchev–Trinajstić information content (AvgIpc) is 3.86. The standard InChI is InChI=1S/C40H48N2O5/c1-2-36(32-15-20-37-38(25-32)45-28-44-37)39(30-13-18-34(19-14-30)47-40(43)31-9-10-31)29-11-16-33(17-12-29)46-35(26-41-21-5-3-6-22-41)27-42-23-7-4-8-24-42/h11-20,25,31,35H,2-10,21-24,26-28H2,1H3. The Morgan fingerprint density at radius 1 is 0.723 bits per heavy atom. The molecule has 3 fully saturated rings. The zero-order chi connectivity index (χ0) is 32.0. The number of likely N-dealkylation sites (tertiary alicyclic amines) is 2. The van der Waals surface area contributed by atoms with Crippen molar-refractivity contribution in [3.8, 4) is 23.0 Å². The van der Waals surface area contributed by atoms with Gasteiger partial charge >= 0.3 is 5.97 Å². The van der Waals surface area contributed by atoms with Crippen LogP contribution in [0.2, 0.25) is 0 Å². The van der Waals surface area contributed by atoms with Crippen molar-refractivity contribution in [2.75, 3.05) is 46.1 Å². The van der Waals surface area contributed by atoms with Gasteiger partial charge in [-0.3, -0.25) is 14.6 Å². The number of esters is 1. The van der Waals surface area contributed by atoms with Crippen molar-refractivity contribution in [1.29, 1.82) is 0 Å². The van der Waals surface area contributed by atoms with Gasteiger partial charge in [0.15, 0.2) is 11.5 Å². The second-order valence-corrected chi connectivity index (χ2v) is 13.5. The van der Waals surface area contributed by atoms with Crippen LogP contribution >= 0.6 is 0 Å². The summed E-state index contributed by atoms with van der Waals surface area (Å²) in [6.45, 7) is 9.08. The van der Waals surface area contributed by atoms with Gasteiger partial charge in [0.05, 0.1) is 5.92 Å². The predicted octanol–water partition coefficient (Wildman–Crippen LogP) is 7.82. The summed E-state index contributed by atoms with van der Waals surface area (Å²) in [6, 6.07) is 22.8. The van der Waals surface area contributed by atoms with E-state index in [2.05, 4.69) is 65.3 Å². The second kappa shape index (κ2) is 15.0. The molecule has 3 aromatic rings. The fourth-order valence-corrected chi connectivity index (χ4v) is 7.22. The van der Waals surface area contributed by atoms with Crippen LogP contribution in [0.25, 0.3) is 11.1 Å². The highest BCUT2D eigenvalue weighted by Crippen LogP contribution is 2.40. The lowest BCUT2D eigenvalue weighted by atomic mass is 9.88. The van der Waals surface area contributed by atoms with Crippen molar-refractivity contribution < 1.29 is 23.7 Å². The first-order valence-corrected chi connectivity index (χ1v) is 17.8. The number of piperidine rings is 2. The molecular weight excluding hydrogens is 588 g/mol. The molecular formula is C40H48N2O5. The molecule has 47 heavy (non-hydrogen) atoms. The summed E-state index contributed by atoms with van der Waals surface area (Å²) in [4.78, 5) is 17.5. The smallest absolute Gasteiger partial charge is 0.314 e. The van der Waals surface area contributed by atoms with E-state index in [9.17, 15) is 4.79 Å². The van der Waals surface area contributed by atoms with E-state index in [1.165, 1.54) is 70.3 Å². The van der Waals surface area contributed by atoms with Crippen LogP contribution in [0.3, 0.4) is 0 Å². The lowest BCUT2D eigenvalue weighted by molar-refractivity contribution is -0.135. The number of fused-ring (bicyclic) bond motifs is 1. The first-order chi connectivity index (χ1) is 23.1. The molecule has 2 saturated heterocycles. The summed E-state index contributed by atoms with van der Waals surface area (Å²) >= 11 is 0. The second-order valence-electron chi connectivity index (χ2n) is 13.5. The molecule has 0 atom stereocenters. The number of rotatable bonds is 12. The van der Waals surface area contributed by atoms with E-state index in [0.29, 0.717) is 5.75 Å². The molecule has 3 heterocycles. The van der Waals surface area contributed by atoms with Crippen LogP contribution in [0.15, 0.2) is 66.7 Å². The van der Waals surface area contributed by atoms with Gasteiger partial charge < -0.3 is 18.9 Å². The van der Waals surface area contributed by atoms with Gasteiger partial charge in [0.1, 0.15) is 17.6 Å². The van der Waals surface area contributed by atoms with Crippen molar-refractivity contribution in [3.05, 3.63) is 83.4 Å². The third kappa shape index (κ3) is 8.02. The van der Waals surface area contributed by atoms with Crippen LogP contribution in [0, 0.1) is 5.92 Å². The number of nitrogens with zero attached hydrogens (tertiary/aromatic N) is 2. The molecule has 4 aliphatic rings. The Morgan fingerprint density at radius 2 is 1.28 bits per heavy atom. The zero-order valence-corrected chi connectivity index (χ0v) is 27.8. The van der Waals surface area contributed by atoms with E-state index >= 15 is 0 Å². The molecule has 0 radical (unpaired) electrons. The molecule has 7 heteroatoms. The van der Waals surface area contributed by atoms with Crippen LogP contribution in [-0.4, -0.2) is 67.9 Å². The first-order valence-electron chi connectivity index (χ1n) is 17.8. The maximum Gasteiger partial charge on any atom is 0.314 e. The highest BCUT2D eigenvalue weighted by molar-refractivity contribution is 5.99. The van der Waals surface area contributed by atoms with E-state index in [1.54, 1.807) is 0 Å². The summed E-state index contributed by atoms with van der Waals surface area (Å²) in [5.74, 6) is 2.98. The quantitative estimate of drug-likeness (QED) is 0.114. The topological polar surface area (TPSA) is 60.5 Å². The first kappa shape index (κ1) is 31.8. The molecule has 3 aromatic carbocycles. The average molecular weight is 637 g/mol. The highest BCUT2D eigenvalue weighted by atomic mass is 16.7. The van der Waals surface area contributed by atoms with Crippen molar-refractivity contribution in [1.82, 2.24) is 9.80 Å². The van der Waals surface area contributed by atoms with E-state index in [0.717, 1.165) is 71.9 Å². The predicted molar refractivity (Wildman–Crippen MR) is 185 cm³/mol. The molecule has 0 unspecified atom stereocenters. The van der Waals surface area contributed by atoms with Gasteiger partial charge in [-0.15, -0.1) is 0 Å². The molecule has 248 valence electrons. The van der Waals surface area contributed by atoms with Gasteiger partial charge in [0.25, 0.3) is 0 Å². The maximum atomic E-state index is 12.3. The van der Waals surface area contributed by atoms with Gasteiger partial charge in [-0.2, -0.15) is 0 Å². The molecule has 7 nitrogen and oxygen atoms in total. The van der Waals surface area contributed by atoms with Crippen molar-refractivity contribution in [3.63, 3.8) is 0 Å². The minimum atomic E-state index is -0.127. The lowest BCUT2D eigenvalue weighted by Crippen LogP contribution is -2.46. The van der Waals surface area contributed by atoms with Gasteiger partial charge in [0, 0.05) is 13.1 Å². The van der Waals surface area contributed by atoms with Gasteiger partial charge in [0.2, 0.25) is 6.79 Å². The molecule has 0 spiro atoms. The zero-order valence-electron chi connectivity index (χ0n) is 27.8. The van der Waals surface area contributed by atoms with E-state index in [-0.39, 0.29) is 24.8 Å². The molecule has 3 aliphatic heterocycles. The molecule has 0 aromatic heterocycles. The molecule has 0 N–H and O–H groups in total. The Labute approximate surface area is 279 Å². The molecule has 7 rings (SSSR count). The van der Waals surface area contributed by atoms with Crippen LogP contribution in [0.5, 0.6) is 23.0 Å². The summed E-state index contributed by atoms with van der Waals surface area (Å²) in [7, 11) is 0. The summed E-state index contributed by atoms with van der Waals surface area (Å²) in [6.07, 6.45) is 10.6.